The molecule has 1 fully saturated rings. The van der Waals surface area contributed by atoms with E-state index in [2.05, 4.69) is 18.7 Å². The minimum absolute atomic E-state index is 0.0311. The number of ether oxygens (including phenoxy) is 1. The third kappa shape index (κ3) is 4.27. The monoisotopic (exact) mass is 306 g/mol. The zero-order valence-electron chi connectivity index (χ0n) is 13.0. The first-order chi connectivity index (χ1) is 10.5. The summed E-state index contributed by atoms with van der Waals surface area (Å²) >= 11 is 0. The summed E-state index contributed by atoms with van der Waals surface area (Å²) in [5.41, 5.74) is 0.318. The highest BCUT2D eigenvalue weighted by molar-refractivity contribution is 5.89. The molecule has 120 valence electrons. The Kier molecular flexibility index (Phi) is 5.49. The van der Waals surface area contributed by atoms with E-state index in [1.165, 1.54) is 24.3 Å². The number of non-ortho nitro benzene ring substituents is 1. The summed E-state index contributed by atoms with van der Waals surface area (Å²) < 4.78 is 5.36. The standard InChI is InChI=1S/C16H22N2O4/c1-12(2)17-9-3-4-13(10-17)11-22-16(19)14-5-7-15(8-6-14)18(20)21/h5-8,12-13H,3-4,9-11H2,1-2H3. The van der Waals surface area contributed by atoms with Gasteiger partial charge < -0.3 is 9.64 Å². The molecular formula is C16H22N2O4. The predicted octanol–water partition coefficient (Wildman–Crippen LogP) is 2.87. The van der Waals surface area contributed by atoms with Crippen molar-refractivity contribution in [1.29, 1.82) is 0 Å². The Bertz CT molecular complexity index is 527. The van der Waals surface area contributed by atoms with Crippen LogP contribution in [0, 0.1) is 16.0 Å². The highest BCUT2D eigenvalue weighted by Crippen LogP contribution is 2.19. The van der Waals surface area contributed by atoms with E-state index in [1.54, 1.807) is 0 Å². The molecule has 6 heteroatoms. The van der Waals surface area contributed by atoms with Gasteiger partial charge in [-0.2, -0.15) is 0 Å². The summed E-state index contributed by atoms with van der Waals surface area (Å²) in [6.07, 6.45) is 2.19. The predicted molar refractivity (Wildman–Crippen MR) is 82.8 cm³/mol. The van der Waals surface area contributed by atoms with E-state index in [9.17, 15) is 14.9 Å². The van der Waals surface area contributed by atoms with Gasteiger partial charge in [-0.15, -0.1) is 0 Å². The maximum Gasteiger partial charge on any atom is 0.338 e. The van der Waals surface area contributed by atoms with Gasteiger partial charge in [0, 0.05) is 30.6 Å². The molecule has 0 bridgehead atoms. The Hall–Kier alpha value is -1.95. The molecule has 1 aromatic rings. The van der Waals surface area contributed by atoms with Gasteiger partial charge in [-0.05, 0) is 45.4 Å². The highest BCUT2D eigenvalue weighted by atomic mass is 16.6. The van der Waals surface area contributed by atoms with Crippen LogP contribution in [0.3, 0.4) is 0 Å². The molecule has 0 spiro atoms. The van der Waals surface area contributed by atoms with Gasteiger partial charge in [0.15, 0.2) is 0 Å². The molecule has 1 aliphatic heterocycles. The number of carbonyl (C=O) groups is 1. The number of nitrogens with zero attached hydrogens (tertiary/aromatic N) is 2. The molecule has 22 heavy (non-hydrogen) atoms. The van der Waals surface area contributed by atoms with Gasteiger partial charge in [0.25, 0.3) is 5.69 Å². The molecule has 1 aromatic carbocycles. The van der Waals surface area contributed by atoms with Crippen molar-refractivity contribution < 1.29 is 14.5 Å². The number of benzene rings is 1. The van der Waals surface area contributed by atoms with Crippen molar-refractivity contribution >= 4 is 11.7 Å². The van der Waals surface area contributed by atoms with E-state index >= 15 is 0 Å². The van der Waals surface area contributed by atoms with Crippen molar-refractivity contribution in [1.82, 2.24) is 4.90 Å². The van der Waals surface area contributed by atoms with Crippen LogP contribution in [0.4, 0.5) is 5.69 Å². The van der Waals surface area contributed by atoms with E-state index in [1.807, 2.05) is 0 Å². The van der Waals surface area contributed by atoms with Gasteiger partial charge >= 0.3 is 5.97 Å². The summed E-state index contributed by atoms with van der Waals surface area (Å²) in [7, 11) is 0. The quantitative estimate of drug-likeness (QED) is 0.475. The molecule has 0 saturated carbocycles. The first-order valence-electron chi connectivity index (χ1n) is 7.63. The topological polar surface area (TPSA) is 72.7 Å². The Balaban J connectivity index is 1.85. The summed E-state index contributed by atoms with van der Waals surface area (Å²) in [5, 5.41) is 10.6. The van der Waals surface area contributed by atoms with E-state index in [-0.39, 0.29) is 5.69 Å². The van der Waals surface area contributed by atoms with Crippen molar-refractivity contribution in [2.45, 2.75) is 32.7 Å². The second-order valence-corrected chi connectivity index (χ2v) is 6.00. The Morgan fingerprint density at radius 3 is 2.68 bits per heavy atom. The van der Waals surface area contributed by atoms with Gasteiger partial charge in [-0.1, -0.05) is 0 Å². The average Bonchev–Trinajstić information content (AvgIpc) is 2.53. The van der Waals surface area contributed by atoms with Crippen LogP contribution in [-0.4, -0.2) is 41.5 Å². The maximum absolute atomic E-state index is 12.0. The van der Waals surface area contributed by atoms with Gasteiger partial charge in [-0.25, -0.2) is 4.79 Å². The molecule has 0 aliphatic carbocycles. The molecule has 1 atom stereocenters. The number of nitro benzene ring substituents is 1. The molecule has 0 radical (unpaired) electrons. The van der Waals surface area contributed by atoms with Crippen LogP contribution >= 0.6 is 0 Å². The fraction of sp³-hybridized carbons (Fsp3) is 0.562. The zero-order chi connectivity index (χ0) is 16.1. The molecule has 1 saturated heterocycles. The van der Waals surface area contributed by atoms with Crippen LogP contribution in [0.2, 0.25) is 0 Å². The third-order valence-electron chi connectivity index (χ3n) is 4.04. The number of hydrogen-bond acceptors (Lipinski definition) is 5. The first kappa shape index (κ1) is 16.4. The number of esters is 1. The van der Waals surface area contributed by atoms with Crippen molar-refractivity contribution in [3.05, 3.63) is 39.9 Å². The van der Waals surface area contributed by atoms with Gasteiger partial charge in [0.05, 0.1) is 17.1 Å². The van der Waals surface area contributed by atoms with Crippen molar-refractivity contribution in [3.8, 4) is 0 Å². The lowest BCUT2D eigenvalue weighted by Gasteiger charge is -2.35. The molecule has 1 aliphatic rings. The van der Waals surface area contributed by atoms with Crippen LogP contribution in [0.25, 0.3) is 0 Å². The third-order valence-corrected chi connectivity index (χ3v) is 4.04. The van der Waals surface area contributed by atoms with Gasteiger partial charge in [-0.3, -0.25) is 10.1 Å². The van der Waals surface area contributed by atoms with Crippen molar-refractivity contribution in [2.24, 2.45) is 5.92 Å². The Morgan fingerprint density at radius 2 is 2.09 bits per heavy atom. The summed E-state index contributed by atoms with van der Waals surface area (Å²) in [6.45, 7) is 6.80. The SMILES string of the molecule is CC(C)N1CCCC(COC(=O)c2ccc([N+](=O)[O-])cc2)C1. The summed E-state index contributed by atoms with van der Waals surface area (Å²) in [5.74, 6) is -0.0604. The lowest BCUT2D eigenvalue weighted by molar-refractivity contribution is -0.384. The molecular weight excluding hydrogens is 284 g/mol. The molecule has 0 amide bonds. The number of hydrogen-bond donors (Lipinski definition) is 0. The lowest BCUT2D eigenvalue weighted by atomic mass is 9.98. The van der Waals surface area contributed by atoms with Crippen molar-refractivity contribution in [3.63, 3.8) is 0 Å². The van der Waals surface area contributed by atoms with Gasteiger partial charge in [0.1, 0.15) is 0 Å². The normalized spacial score (nSPS) is 19.1. The fourth-order valence-electron chi connectivity index (χ4n) is 2.70. The zero-order valence-corrected chi connectivity index (χ0v) is 13.0. The van der Waals surface area contributed by atoms with Gasteiger partial charge in [0.2, 0.25) is 0 Å². The Labute approximate surface area is 130 Å². The number of likely N-dealkylation sites (tertiary alicyclic amines) is 1. The van der Waals surface area contributed by atoms with E-state index in [0.717, 1.165) is 25.9 Å². The van der Waals surface area contributed by atoms with Crippen LogP contribution in [0.1, 0.15) is 37.0 Å². The molecule has 0 N–H and O–H groups in total. The minimum atomic E-state index is -0.488. The van der Waals surface area contributed by atoms with E-state index in [4.69, 9.17) is 4.74 Å². The summed E-state index contributed by atoms with van der Waals surface area (Å²) in [6, 6.07) is 6.01. The minimum Gasteiger partial charge on any atom is -0.462 e. The van der Waals surface area contributed by atoms with E-state index in [0.29, 0.717) is 24.1 Å². The molecule has 1 heterocycles. The average molecular weight is 306 g/mol. The fourth-order valence-corrected chi connectivity index (χ4v) is 2.70. The van der Waals surface area contributed by atoms with Crippen LogP contribution in [0.5, 0.6) is 0 Å². The smallest absolute Gasteiger partial charge is 0.338 e. The van der Waals surface area contributed by atoms with Crippen LogP contribution in [-0.2, 0) is 4.74 Å². The summed E-state index contributed by atoms with van der Waals surface area (Å²) in [4.78, 5) is 24.5. The lowest BCUT2D eigenvalue weighted by Crippen LogP contribution is -2.41. The maximum atomic E-state index is 12.0. The van der Waals surface area contributed by atoms with Crippen molar-refractivity contribution in [2.75, 3.05) is 19.7 Å². The first-order valence-corrected chi connectivity index (χ1v) is 7.63. The largest absolute Gasteiger partial charge is 0.462 e. The number of carbonyl (C=O) groups excluding carboxylic acids is 1. The number of rotatable bonds is 5. The van der Waals surface area contributed by atoms with Crippen LogP contribution < -0.4 is 0 Å². The number of piperidine rings is 1. The Morgan fingerprint density at radius 1 is 1.41 bits per heavy atom. The highest BCUT2D eigenvalue weighted by Gasteiger charge is 2.23. The molecule has 6 nitrogen and oxygen atoms in total. The second kappa shape index (κ2) is 7.35. The molecule has 0 aromatic heterocycles. The van der Waals surface area contributed by atoms with E-state index < -0.39 is 10.9 Å². The van der Waals surface area contributed by atoms with Crippen LogP contribution in [0.15, 0.2) is 24.3 Å². The molecule has 1 unspecified atom stereocenters. The second-order valence-electron chi connectivity index (χ2n) is 6.00. The number of nitro groups is 1. The molecule has 2 rings (SSSR count).